The lowest BCUT2D eigenvalue weighted by molar-refractivity contribution is -0.145. The predicted octanol–water partition coefficient (Wildman–Crippen LogP) is 3.23. The third-order valence-electron chi connectivity index (χ3n) is 5.17. The van der Waals surface area contributed by atoms with Crippen LogP contribution >= 0.6 is 0 Å². The van der Waals surface area contributed by atoms with E-state index in [4.69, 9.17) is 0 Å². The summed E-state index contributed by atoms with van der Waals surface area (Å²) < 4.78 is 0. The molecule has 2 aromatic rings. The molecule has 4 heteroatoms. The molecule has 0 radical (unpaired) electrons. The highest BCUT2D eigenvalue weighted by Crippen LogP contribution is 2.50. The number of carbonyl (C=O) groups is 2. The summed E-state index contributed by atoms with van der Waals surface area (Å²) in [4.78, 5) is 30.1. The lowest BCUT2D eigenvalue weighted by Crippen LogP contribution is -2.54. The van der Waals surface area contributed by atoms with Crippen molar-refractivity contribution < 1.29 is 9.59 Å². The van der Waals surface area contributed by atoms with Gasteiger partial charge in [0, 0.05) is 35.2 Å². The molecule has 0 aliphatic carbocycles. The molecule has 0 aromatic heterocycles. The number of carbonyl (C=O) groups excluding carboxylic acids is 2. The minimum Gasteiger partial charge on any atom is -0.309 e. The van der Waals surface area contributed by atoms with Gasteiger partial charge in [0.15, 0.2) is 5.66 Å². The van der Waals surface area contributed by atoms with Gasteiger partial charge in [-0.15, -0.1) is 0 Å². The van der Waals surface area contributed by atoms with Crippen LogP contribution in [0.25, 0.3) is 0 Å². The van der Waals surface area contributed by atoms with E-state index in [9.17, 15) is 9.59 Å². The van der Waals surface area contributed by atoms with Gasteiger partial charge in [-0.3, -0.25) is 9.59 Å². The number of hydrogen-bond donors (Lipinski definition) is 0. The first-order chi connectivity index (χ1) is 11.9. The Bertz CT molecular complexity index is 854. The van der Waals surface area contributed by atoms with Gasteiger partial charge >= 0.3 is 0 Å². The molecule has 4 rings (SSSR count). The number of fused-ring (bicyclic) bond motifs is 3. The second kappa shape index (κ2) is 5.19. The summed E-state index contributed by atoms with van der Waals surface area (Å²) in [5.74, 6) is 0.0621. The number of hydrogen-bond acceptors (Lipinski definition) is 2. The van der Waals surface area contributed by atoms with Crippen LogP contribution < -0.4 is 0 Å². The van der Waals surface area contributed by atoms with Crippen molar-refractivity contribution >= 4 is 11.8 Å². The van der Waals surface area contributed by atoms with Gasteiger partial charge in [0.05, 0.1) is 0 Å². The van der Waals surface area contributed by atoms with E-state index in [0.717, 1.165) is 11.1 Å². The maximum atomic E-state index is 13.3. The zero-order valence-electron chi connectivity index (χ0n) is 14.8. The second-order valence-electron chi connectivity index (χ2n) is 7.75. The molecule has 2 aliphatic heterocycles. The molecule has 0 saturated carbocycles. The lowest BCUT2D eigenvalue weighted by atomic mass is 9.87. The Hall–Kier alpha value is -2.62. The van der Waals surface area contributed by atoms with Crippen LogP contribution in [-0.2, 0) is 10.5 Å². The van der Waals surface area contributed by atoms with E-state index < -0.39 is 11.1 Å². The van der Waals surface area contributed by atoms with E-state index in [1.807, 2.05) is 85.2 Å². The molecule has 0 N–H and O–H groups in total. The average molecular weight is 334 g/mol. The van der Waals surface area contributed by atoms with Crippen molar-refractivity contribution in [2.75, 3.05) is 13.1 Å². The van der Waals surface area contributed by atoms with Crippen molar-refractivity contribution in [3.8, 4) is 0 Å². The summed E-state index contributed by atoms with van der Waals surface area (Å²) in [5, 5.41) is 0. The highest BCUT2D eigenvalue weighted by molar-refractivity contribution is 6.02. The molecule has 0 spiro atoms. The highest BCUT2D eigenvalue weighted by Gasteiger charge is 2.60. The summed E-state index contributed by atoms with van der Waals surface area (Å²) in [6.07, 6.45) is 0. The van der Waals surface area contributed by atoms with Gasteiger partial charge in [0.2, 0.25) is 5.91 Å². The molecule has 1 saturated heterocycles. The van der Waals surface area contributed by atoms with Crippen molar-refractivity contribution in [3.05, 3.63) is 71.3 Å². The fraction of sp³-hybridized carbons (Fsp3) is 0.333. The van der Waals surface area contributed by atoms with E-state index in [2.05, 4.69) is 0 Å². The van der Waals surface area contributed by atoms with Crippen molar-refractivity contribution in [1.29, 1.82) is 0 Å². The van der Waals surface area contributed by atoms with E-state index >= 15 is 0 Å². The van der Waals surface area contributed by atoms with Gasteiger partial charge in [0.25, 0.3) is 5.91 Å². The van der Waals surface area contributed by atoms with Gasteiger partial charge in [-0.05, 0) is 6.07 Å². The van der Waals surface area contributed by atoms with Crippen LogP contribution in [0.4, 0.5) is 0 Å². The van der Waals surface area contributed by atoms with Gasteiger partial charge in [0.1, 0.15) is 0 Å². The molecule has 0 bridgehead atoms. The van der Waals surface area contributed by atoms with Crippen molar-refractivity contribution in [2.45, 2.75) is 26.4 Å². The van der Waals surface area contributed by atoms with Crippen LogP contribution in [0.2, 0.25) is 0 Å². The summed E-state index contributed by atoms with van der Waals surface area (Å²) in [6.45, 7) is 6.88. The smallest absolute Gasteiger partial charge is 0.256 e. The van der Waals surface area contributed by atoms with Crippen molar-refractivity contribution in [3.63, 3.8) is 0 Å². The van der Waals surface area contributed by atoms with Gasteiger partial charge < -0.3 is 9.80 Å². The largest absolute Gasteiger partial charge is 0.309 e. The number of nitrogens with zero attached hydrogens (tertiary/aromatic N) is 2. The fourth-order valence-electron chi connectivity index (χ4n) is 4.12. The summed E-state index contributed by atoms with van der Waals surface area (Å²) in [7, 11) is 0. The molecule has 2 heterocycles. The fourth-order valence-corrected chi connectivity index (χ4v) is 4.12. The van der Waals surface area contributed by atoms with E-state index in [-0.39, 0.29) is 11.8 Å². The summed E-state index contributed by atoms with van der Waals surface area (Å²) in [5.41, 5.74) is 1.21. The molecule has 1 atom stereocenters. The van der Waals surface area contributed by atoms with Gasteiger partial charge in [-0.1, -0.05) is 69.3 Å². The van der Waals surface area contributed by atoms with E-state index in [1.54, 1.807) is 0 Å². The zero-order valence-corrected chi connectivity index (χ0v) is 14.8. The molecular weight excluding hydrogens is 312 g/mol. The molecule has 1 fully saturated rings. The van der Waals surface area contributed by atoms with Crippen LogP contribution in [-0.4, -0.2) is 34.7 Å². The van der Waals surface area contributed by atoms with Crippen molar-refractivity contribution in [2.24, 2.45) is 5.41 Å². The Balaban J connectivity index is 2.02. The minimum absolute atomic E-state index is 0.00339. The van der Waals surface area contributed by atoms with Crippen LogP contribution in [0.1, 0.15) is 42.3 Å². The summed E-state index contributed by atoms with van der Waals surface area (Å²) >= 11 is 0. The maximum Gasteiger partial charge on any atom is 0.256 e. The highest BCUT2D eigenvalue weighted by atomic mass is 16.2. The normalized spacial score (nSPS) is 22.1. The van der Waals surface area contributed by atoms with E-state index in [0.29, 0.717) is 18.7 Å². The van der Waals surface area contributed by atoms with E-state index in [1.165, 1.54) is 0 Å². The first-order valence-electron chi connectivity index (χ1n) is 8.67. The SMILES string of the molecule is CC(C)(C)C(=O)N1CCN2C(=O)c3ccccc3C21c1ccccc1. The third kappa shape index (κ3) is 2.00. The predicted molar refractivity (Wildman–Crippen MR) is 95.9 cm³/mol. The standard InChI is InChI=1S/C21H22N2O2/c1-20(2,3)19(25)23-14-13-22-18(24)16-11-7-8-12-17(16)21(22,23)15-9-5-4-6-10-15/h4-12H,13-14H2,1-3H3. The number of amides is 2. The molecule has 1 unspecified atom stereocenters. The quantitative estimate of drug-likeness (QED) is 0.803. The van der Waals surface area contributed by atoms with Gasteiger partial charge in [-0.2, -0.15) is 0 Å². The van der Waals surface area contributed by atoms with Crippen LogP contribution in [0.3, 0.4) is 0 Å². The second-order valence-corrected chi connectivity index (χ2v) is 7.75. The van der Waals surface area contributed by atoms with Crippen LogP contribution in [0.5, 0.6) is 0 Å². The molecule has 2 amide bonds. The monoisotopic (exact) mass is 334 g/mol. The molecule has 4 nitrogen and oxygen atoms in total. The average Bonchev–Trinajstić information content (AvgIpc) is 3.11. The van der Waals surface area contributed by atoms with Gasteiger partial charge in [-0.25, -0.2) is 0 Å². The molecule has 128 valence electrons. The first kappa shape index (κ1) is 15.9. The molecule has 25 heavy (non-hydrogen) atoms. The molecule has 2 aromatic carbocycles. The lowest BCUT2D eigenvalue weighted by Gasteiger charge is -2.42. The van der Waals surface area contributed by atoms with Crippen LogP contribution in [0, 0.1) is 5.41 Å². The summed E-state index contributed by atoms with van der Waals surface area (Å²) in [6, 6.07) is 17.6. The Morgan fingerprint density at radius 2 is 1.60 bits per heavy atom. The Kier molecular flexibility index (Phi) is 3.29. The Labute approximate surface area is 148 Å². The van der Waals surface area contributed by atoms with Crippen molar-refractivity contribution in [1.82, 2.24) is 9.80 Å². The number of benzene rings is 2. The van der Waals surface area contributed by atoms with Crippen LogP contribution in [0.15, 0.2) is 54.6 Å². The molecular formula is C21H22N2O2. The molecule has 2 aliphatic rings. The minimum atomic E-state index is -0.834. The Morgan fingerprint density at radius 3 is 2.28 bits per heavy atom. The maximum absolute atomic E-state index is 13.3. The topological polar surface area (TPSA) is 40.6 Å². The number of rotatable bonds is 1. The zero-order chi connectivity index (χ0) is 17.8. The third-order valence-corrected chi connectivity index (χ3v) is 5.17. The Morgan fingerprint density at radius 1 is 0.960 bits per heavy atom. The first-order valence-corrected chi connectivity index (χ1v) is 8.67.